The molecule has 1 heterocycles. The molecule has 0 aliphatic carbocycles. The lowest BCUT2D eigenvalue weighted by Gasteiger charge is -2.03. The number of benzene rings is 1. The van der Waals surface area contributed by atoms with Crippen LogP contribution in [-0.4, -0.2) is 43.9 Å². The fourth-order valence-corrected chi connectivity index (χ4v) is 3.58. The Labute approximate surface area is 119 Å². The number of hydrogen-bond donors (Lipinski definition) is 2. The monoisotopic (exact) mass is 316 g/mol. The largest absolute Gasteiger partial charge is 0.478 e. The second kappa shape index (κ2) is 5.73. The van der Waals surface area contributed by atoms with Gasteiger partial charge in [-0.1, -0.05) is 11.3 Å². The summed E-state index contributed by atoms with van der Waals surface area (Å²) in [4.78, 5) is 15.0. The van der Waals surface area contributed by atoms with E-state index in [0.717, 1.165) is 11.3 Å². The molecule has 9 heteroatoms. The number of anilines is 1. The number of carbonyl (C=O) groups is 1. The number of carboxylic acids is 1. The zero-order chi connectivity index (χ0) is 14.8. The predicted molar refractivity (Wildman–Crippen MR) is 75.9 cm³/mol. The molecule has 0 bridgehead atoms. The summed E-state index contributed by atoms with van der Waals surface area (Å²) >= 11 is 1.08. The molecule has 1 aromatic carbocycles. The van der Waals surface area contributed by atoms with Crippen LogP contribution in [0, 0.1) is 0 Å². The minimum atomic E-state index is -3.51. The fourth-order valence-electron chi connectivity index (χ4n) is 1.48. The van der Waals surface area contributed by atoms with E-state index in [1.54, 1.807) is 6.07 Å². The van der Waals surface area contributed by atoms with E-state index in [-0.39, 0.29) is 23.1 Å². The van der Waals surface area contributed by atoms with Gasteiger partial charge in [-0.15, -0.1) is 0 Å². The molecule has 0 fully saturated rings. The fraction of sp³-hybridized carbons (Fsp3) is 0.273. The highest BCUT2D eigenvalue weighted by molar-refractivity contribution is 7.92. The van der Waals surface area contributed by atoms with Crippen LogP contribution in [0.25, 0.3) is 10.2 Å². The zero-order valence-electron chi connectivity index (χ0n) is 10.5. The summed E-state index contributed by atoms with van der Waals surface area (Å²) in [7, 11) is -2.10. The maximum atomic E-state index is 11.7. The van der Waals surface area contributed by atoms with E-state index < -0.39 is 16.0 Å². The second-order valence-corrected chi connectivity index (χ2v) is 6.79. The maximum absolute atomic E-state index is 11.7. The van der Waals surface area contributed by atoms with Gasteiger partial charge < -0.3 is 9.84 Å². The SMILES string of the molecule is COCCS(=O)(=O)Nc1nc2ccc(C(=O)O)cc2s1. The number of ether oxygens (including phenoxy) is 1. The summed E-state index contributed by atoms with van der Waals surface area (Å²) in [5.41, 5.74) is 0.680. The summed E-state index contributed by atoms with van der Waals surface area (Å²) < 4.78 is 31.0. The zero-order valence-corrected chi connectivity index (χ0v) is 12.1. The van der Waals surface area contributed by atoms with Crippen LogP contribution >= 0.6 is 11.3 Å². The number of sulfonamides is 1. The van der Waals surface area contributed by atoms with E-state index in [4.69, 9.17) is 9.84 Å². The molecule has 108 valence electrons. The van der Waals surface area contributed by atoms with Gasteiger partial charge in [0, 0.05) is 7.11 Å². The van der Waals surface area contributed by atoms with Gasteiger partial charge in [-0.25, -0.2) is 18.2 Å². The van der Waals surface area contributed by atoms with Crippen LogP contribution in [0.5, 0.6) is 0 Å². The highest BCUT2D eigenvalue weighted by Crippen LogP contribution is 2.27. The normalized spacial score (nSPS) is 11.7. The van der Waals surface area contributed by atoms with Gasteiger partial charge in [0.25, 0.3) is 0 Å². The van der Waals surface area contributed by atoms with Crippen molar-refractivity contribution in [1.29, 1.82) is 0 Å². The standard InChI is InChI=1S/C11H12N2O5S2/c1-18-4-5-20(16,17)13-11-12-8-3-2-7(10(14)15)6-9(8)19-11/h2-3,6H,4-5H2,1H3,(H,12,13)(H,14,15). The smallest absolute Gasteiger partial charge is 0.335 e. The van der Waals surface area contributed by atoms with Gasteiger partial charge in [0.05, 0.1) is 28.1 Å². The molecule has 2 rings (SSSR count). The summed E-state index contributed by atoms with van der Waals surface area (Å²) in [6, 6.07) is 4.43. The van der Waals surface area contributed by atoms with E-state index in [1.807, 2.05) is 0 Å². The average Bonchev–Trinajstić information content (AvgIpc) is 2.76. The van der Waals surface area contributed by atoms with Gasteiger partial charge in [0.15, 0.2) is 5.13 Å². The first-order chi connectivity index (χ1) is 9.41. The van der Waals surface area contributed by atoms with Crippen molar-refractivity contribution in [2.45, 2.75) is 0 Å². The molecule has 0 saturated carbocycles. The molecule has 0 amide bonds. The topological polar surface area (TPSA) is 106 Å². The van der Waals surface area contributed by atoms with Crippen LogP contribution in [0.4, 0.5) is 5.13 Å². The summed E-state index contributed by atoms with van der Waals surface area (Å²) in [6.45, 7) is 0.0867. The lowest BCUT2D eigenvalue weighted by Crippen LogP contribution is -2.19. The Kier molecular flexibility index (Phi) is 4.21. The molecule has 0 spiro atoms. The second-order valence-electron chi connectivity index (χ2n) is 3.92. The number of nitrogens with zero attached hydrogens (tertiary/aromatic N) is 1. The van der Waals surface area contributed by atoms with Crippen LogP contribution in [0.1, 0.15) is 10.4 Å². The van der Waals surface area contributed by atoms with Crippen LogP contribution < -0.4 is 4.72 Å². The molecule has 2 aromatic rings. The molecule has 0 atom stereocenters. The van der Waals surface area contributed by atoms with Crippen LogP contribution in [0.15, 0.2) is 18.2 Å². The number of hydrogen-bond acceptors (Lipinski definition) is 6. The third kappa shape index (κ3) is 3.44. The first-order valence-corrected chi connectivity index (χ1v) is 8.01. The van der Waals surface area contributed by atoms with E-state index >= 15 is 0 Å². The molecule has 0 unspecified atom stereocenters. The molecule has 7 nitrogen and oxygen atoms in total. The van der Waals surface area contributed by atoms with Gasteiger partial charge in [-0.05, 0) is 18.2 Å². The molecule has 0 aliphatic rings. The Hall–Kier alpha value is -1.71. The van der Waals surface area contributed by atoms with E-state index in [2.05, 4.69) is 9.71 Å². The number of rotatable bonds is 6. The first kappa shape index (κ1) is 14.7. The van der Waals surface area contributed by atoms with Gasteiger partial charge in [0.1, 0.15) is 0 Å². The minimum absolute atomic E-state index is 0.0867. The van der Waals surface area contributed by atoms with Crippen molar-refractivity contribution >= 4 is 42.7 Å². The molecular weight excluding hydrogens is 304 g/mol. The van der Waals surface area contributed by atoms with Gasteiger partial charge in [-0.2, -0.15) is 0 Å². The lowest BCUT2D eigenvalue weighted by molar-refractivity contribution is 0.0697. The van der Waals surface area contributed by atoms with Crippen molar-refractivity contribution in [2.24, 2.45) is 0 Å². The molecule has 2 N–H and O–H groups in total. The van der Waals surface area contributed by atoms with Crippen LogP contribution in [0.2, 0.25) is 0 Å². The highest BCUT2D eigenvalue weighted by Gasteiger charge is 2.14. The number of aromatic carboxylic acids is 1. The summed E-state index contributed by atoms with van der Waals surface area (Å²) in [5.74, 6) is -1.21. The maximum Gasteiger partial charge on any atom is 0.335 e. The highest BCUT2D eigenvalue weighted by atomic mass is 32.2. The summed E-state index contributed by atoms with van der Waals surface area (Å²) in [6.07, 6.45) is 0. The number of aromatic nitrogens is 1. The average molecular weight is 316 g/mol. The van der Waals surface area contributed by atoms with Crippen molar-refractivity contribution in [1.82, 2.24) is 4.98 Å². The molecule has 0 aliphatic heterocycles. The number of carboxylic acid groups (broad SMARTS) is 1. The number of methoxy groups -OCH3 is 1. The van der Waals surface area contributed by atoms with E-state index in [9.17, 15) is 13.2 Å². The van der Waals surface area contributed by atoms with Gasteiger partial charge >= 0.3 is 5.97 Å². The molecular formula is C11H12N2O5S2. The van der Waals surface area contributed by atoms with Gasteiger partial charge in [-0.3, -0.25) is 4.72 Å². The van der Waals surface area contributed by atoms with Crippen LogP contribution in [0.3, 0.4) is 0 Å². The Bertz CT molecular complexity index is 738. The van der Waals surface area contributed by atoms with Crippen molar-refractivity contribution in [3.8, 4) is 0 Å². The van der Waals surface area contributed by atoms with Crippen molar-refractivity contribution in [2.75, 3.05) is 24.2 Å². The van der Waals surface area contributed by atoms with Crippen molar-refractivity contribution in [3.05, 3.63) is 23.8 Å². The third-order valence-electron chi connectivity index (χ3n) is 2.43. The summed E-state index contributed by atoms with van der Waals surface area (Å²) in [5, 5.41) is 9.10. The van der Waals surface area contributed by atoms with Gasteiger partial charge in [0.2, 0.25) is 10.0 Å². The molecule has 0 saturated heterocycles. The van der Waals surface area contributed by atoms with Crippen molar-refractivity contribution in [3.63, 3.8) is 0 Å². The lowest BCUT2D eigenvalue weighted by atomic mass is 10.2. The quantitative estimate of drug-likeness (QED) is 0.834. The van der Waals surface area contributed by atoms with E-state index in [1.165, 1.54) is 19.2 Å². The minimum Gasteiger partial charge on any atom is -0.478 e. The Morgan fingerprint density at radius 1 is 1.50 bits per heavy atom. The Morgan fingerprint density at radius 3 is 2.90 bits per heavy atom. The number of fused-ring (bicyclic) bond motifs is 1. The third-order valence-corrected chi connectivity index (χ3v) is 4.71. The predicted octanol–water partition coefficient (Wildman–Crippen LogP) is 1.38. The van der Waals surface area contributed by atoms with E-state index in [0.29, 0.717) is 10.2 Å². The molecule has 20 heavy (non-hydrogen) atoms. The Morgan fingerprint density at radius 2 is 2.25 bits per heavy atom. The van der Waals surface area contributed by atoms with Crippen molar-refractivity contribution < 1.29 is 23.1 Å². The molecule has 1 aromatic heterocycles. The van der Waals surface area contributed by atoms with Crippen LogP contribution in [-0.2, 0) is 14.8 Å². The Balaban J connectivity index is 2.26. The number of nitrogens with one attached hydrogen (secondary N) is 1. The number of thiazole rings is 1. The first-order valence-electron chi connectivity index (χ1n) is 5.54. The molecule has 0 radical (unpaired) electrons.